The Labute approximate surface area is 96.1 Å². The molecule has 16 heavy (non-hydrogen) atoms. The molecule has 1 fully saturated rings. The maximum absolute atomic E-state index is 11.2. The summed E-state index contributed by atoms with van der Waals surface area (Å²) >= 11 is 0. The average molecular weight is 237 g/mol. The third-order valence-electron chi connectivity index (χ3n) is 2.69. The molecule has 1 saturated heterocycles. The van der Waals surface area contributed by atoms with Crippen LogP contribution in [0.4, 0.5) is 0 Å². The Bertz CT molecular complexity index is 465. The van der Waals surface area contributed by atoms with Gasteiger partial charge in [0.2, 0.25) is 0 Å². The molecule has 0 spiro atoms. The highest BCUT2D eigenvalue weighted by atomic mass is 32.2. The molecule has 1 aliphatic heterocycles. The zero-order chi connectivity index (χ0) is 11.4. The van der Waals surface area contributed by atoms with Gasteiger partial charge < -0.3 is 0 Å². The Morgan fingerprint density at radius 3 is 2.69 bits per heavy atom. The number of hydrogen-bond donors (Lipinski definition) is 0. The molecular formula is C12H15NO2S. The summed E-state index contributed by atoms with van der Waals surface area (Å²) in [6, 6.07) is 10.0. The Kier molecular flexibility index (Phi) is 3.39. The second-order valence-corrected chi connectivity index (χ2v) is 6.31. The van der Waals surface area contributed by atoms with Gasteiger partial charge in [0.15, 0.2) is 9.84 Å². The molecule has 4 heteroatoms. The van der Waals surface area contributed by atoms with Crippen molar-refractivity contribution in [1.82, 2.24) is 0 Å². The predicted octanol–water partition coefficient (Wildman–Crippen LogP) is 1.49. The Balaban J connectivity index is 1.87. The molecule has 1 unspecified atom stereocenters. The van der Waals surface area contributed by atoms with Gasteiger partial charge in [0.05, 0.1) is 17.5 Å². The summed E-state index contributed by atoms with van der Waals surface area (Å²) in [6.45, 7) is 0. The summed E-state index contributed by atoms with van der Waals surface area (Å²) in [5, 5.41) is 0. The van der Waals surface area contributed by atoms with Crippen LogP contribution in [0.25, 0.3) is 0 Å². The lowest BCUT2D eigenvalue weighted by molar-refractivity contribution is 0.601. The van der Waals surface area contributed by atoms with Crippen LogP contribution in [0.2, 0.25) is 0 Å². The van der Waals surface area contributed by atoms with Crippen molar-refractivity contribution in [2.45, 2.75) is 18.9 Å². The van der Waals surface area contributed by atoms with E-state index in [0.29, 0.717) is 12.2 Å². The molecule has 3 nitrogen and oxygen atoms in total. The smallest absolute Gasteiger partial charge is 0.152 e. The lowest BCUT2D eigenvalue weighted by atomic mass is 10.2. The third kappa shape index (κ3) is 3.17. The van der Waals surface area contributed by atoms with Gasteiger partial charge in [-0.15, -0.1) is 0 Å². The van der Waals surface area contributed by atoms with Gasteiger partial charge in [-0.05, 0) is 12.0 Å². The fourth-order valence-corrected chi connectivity index (χ4v) is 3.45. The van der Waals surface area contributed by atoms with Gasteiger partial charge in [0.25, 0.3) is 0 Å². The molecule has 86 valence electrons. The van der Waals surface area contributed by atoms with Crippen molar-refractivity contribution < 1.29 is 8.42 Å². The predicted molar refractivity (Wildman–Crippen MR) is 65.7 cm³/mol. The van der Waals surface area contributed by atoms with E-state index in [1.807, 2.05) is 36.5 Å². The normalized spacial score (nSPS) is 23.9. The van der Waals surface area contributed by atoms with E-state index in [9.17, 15) is 8.42 Å². The molecule has 1 aliphatic rings. The number of sulfone groups is 1. The minimum absolute atomic E-state index is 0.0197. The summed E-state index contributed by atoms with van der Waals surface area (Å²) < 4.78 is 22.4. The van der Waals surface area contributed by atoms with Crippen LogP contribution >= 0.6 is 0 Å². The lowest BCUT2D eigenvalue weighted by Crippen LogP contribution is -2.07. The van der Waals surface area contributed by atoms with Crippen LogP contribution in [0, 0.1) is 0 Å². The zero-order valence-electron chi connectivity index (χ0n) is 9.04. The Morgan fingerprint density at radius 1 is 1.31 bits per heavy atom. The van der Waals surface area contributed by atoms with E-state index in [2.05, 4.69) is 4.99 Å². The van der Waals surface area contributed by atoms with Crippen LogP contribution in [-0.4, -0.2) is 32.2 Å². The molecular weight excluding hydrogens is 222 g/mol. The second-order valence-electron chi connectivity index (χ2n) is 4.08. The Morgan fingerprint density at radius 2 is 2.06 bits per heavy atom. The molecule has 0 bridgehead atoms. The number of hydrogen-bond acceptors (Lipinski definition) is 3. The quantitative estimate of drug-likeness (QED) is 0.748. The number of rotatable bonds is 3. The fourth-order valence-electron chi connectivity index (χ4n) is 1.81. The first kappa shape index (κ1) is 11.3. The largest absolute Gasteiger partial charge is 0.293 e. The van der Waals surface area contributed by atoms with E-state index in [4.69, 9.17) is 0 Å². The molecule has 2 rings (SSSR count). The van der Waals surface area contributed by atoms with Gasteiger partial charge >= 0.3 is 0 Å². The molecule has 1 aromatic rings. The summed E-state index contributed by atoms with van der Waals surface area (Å²) in [7, 11) is -2.80. The van der Waals surface area contributed by atoms with Crippen molar-refractivity contribution in [3.05, 3.63) is 35.9 Å². The number of nitrogens with zero attached hydrogens (tertiary/aromatic N) is 1. The first-order valence-corrected chi connectivity index (χ1v) is 7.24. The molecule has 0 N–H and O–H groups in total. The van der Waals surface area contributed by atoms with Gasteiger partial charge in [-0.3, -0.25) is 4.99 Å². The van der Waals surface area contributed by atoms with E-state index < -0.39 is 9.84 Å². The van der Waals surface area contributed by atoms with Gasteiger partial charge in [-0.25, -0.2) is 8.42 Å². The maximum Gasteiger partial charge on any atom is 0.152 e. The summed E-state index contributed by atoms with van der Waals surface area (Å²) in [4.78, 5) is 4.31. The first-order valence-electron chi connectivity index (χ1n) is 5.42. The summed E-state index contributed by atoms with van der Waals surface area (Å²) in [6.07, 6.45) is 3.28. The van der Waals surface area contributed by atoms with Gasteiger partial charge in [0.1, 0.15) is 0 Å². The number of aliphatic imine (C=N–C) groups is 1. The third-order valence-corrected chi connectivity index (χ3v) is 4.44. The molecule has 0 radical (unpaired) electrons. The van der Waals surface area contributed by atoms with Crippen LogP contribution in [0.1, 0.15) is 12.0 Å². The lowest BCUT2D eigenvalue weighted by Gasteiger charge is -1.99. The minimum atomic E-state index is -2.80. The van der Waals surface area contributed by atoms with Crippen LogP contribution in [-0.2, 0) is 16.3 Å². The highest BCUT2D eigenvalue weighted by molar-refractivity contribution is 7.91. The molecule has 0 amide bonds. The van der Waals surface area contributed by atoms with E-state index in [0.717, 1.165) is 6.42 Å². The van der Waals surface area contributed by atoms with Crippen LogP contribution in [0.5, 0.6) is 0 Å². The molecule has 1 heterocycles. The van der Waals surface area contributed by atoms with E-state index >= 15 is 0 Å². The average Bonchev–Trinajstić information content (AvgIpc) is 2.60. The minimum Gasteiger partial charge on any atom is -0.293 e. The highest BCUT2D eigenvalue weighted by Gasteiger charge is 2.26. The van der Waals surface area contributed by atoms with E-state index in [1.54, 1.807) is 0 Å². The van der Waals surface area contributed by atoms with Crippen LogP contribution in [0.15, 0.2) is 35.3 Å². The highest BCUT2D eigenvalue weighted by Crippen LogP contribution is 2.14. The molecule has 1 aromatic carbocycles. The first-order chi connectivity index (χ1) is 7.66. The number of benzene rings is 1. The molecule has 0 saturated carbocycles. The van der Waals surface area contributed by atoms with Crippen LogP contribution < -0.4 is 0 Å². The van der Waals surface area contributed by atoms with Gasteiger partial charge in [-0.1, -0.05) is 30.3 Å². The summed E-state index contributed by atoms with van der Waals surface area (Å²) in [5.41, 5.74) is 1.20. The summed E-state index contributed by atoms with van der Waals surface area (Å²) in [5.74, 6) is 0.513. The van der Waals surface area contributed by atoms with Crippen LogP contribution in [0.3, 0.4) is 0 Å². The van der Waals surface area contributed by atoms with Crippen molar-refractivity contribution in [3.63, 3.8) is 0 Å². The topological polar surface area (TPSA) is 46.5 Å². The maximum atomic E-state index is 11.2. The van der Waals surface area contributed by atoms with Crippen molar-refractivity contribution >= 4 is 16.1 Å². The van der Waals surface area contributed by atoms with Gasteiger partial charge in [-0.2, -0.15) is 0 Å². The van der Waals surface area contributed by atoms with E-state index in [1.165, 1.54) is 5.56 Å². The van der Waals surface area contributed by atoms with Crippen molar-refractivity contribution in [2.75, 3.05) is 11.5 Å². The van der Waals surface area contributed by atoms with Crippen molar-refractivity contribution in [2.24, 2.45) is 4.99 Å². The van der Waals surface area contributed by atoms with Gasteiger partial charge in [0, 0.05) is 12.6 Å². The van der Waals surface area contributed by atoms with E-state index in [-0.39, 0.29) is 11.8 Å². The monoisotopic (exact) mass is 237 g/mol. The van der Waals surface area contributed by atoms with Crippen molar-refractivity contribution in [3.8, 4) is 0 Å². The Hall–Kier alpha value is -1.16. The SMILES string of the molecule is O=S1(=O)CCC(N=CCc2ccccc2)C1. The molecule has 0 aliphatic carbocycles. The second kappa shape index (κ2) is 4.78. The fraction of sp³-hybridized carbons (Fsp3) is 0.417. The molecule has 0 aromatic heterocycles. The zero-order valence-corrected chi connectivity index (χ0v) is 9.86. The van der Waals surface area contributed by atoms with Crippen molar-refractivity contribution in [1.29, 1.82) is 0 Å². The molecule has 1 atom stereocenters. The standard InChI is InChI=1S/C12H15NO2S/c14-16(15)9-7-12(10-16)13-8-6-11-4-2-1-3-5-11/h1-5,8,12H,6-7,9-10H2.